The van der Waals surface area contributed by atoms with E-state index >= 15 is 0 Å². The fourth-order valence-electron chi connectivity index (χ4n) is 2.88. The van der Waals surface area contributed by atoms with Gasteiger partial charge in [0.25, 0.3) is 0 Å². The minimum atomic E-state index is -1.71. The summed E-state index contributed by atoms with van der Waals surface area (Å²) in [7, 11) is -0.394. The van der Waals surface area contributed by atoms with Gasteiger partial charge in [0.2, 0.25) is 0 Å². The number of nitrogens with zero attached hydrogens (tertiary/aromatic N) is 1. The summed E-state index contributed by atoms with van der Waals surface area (Å²) in [6.07, 6.45) is 0.312. The fourth-order valence-corrected chi connectivity index (χ4v) is 9.82. The highest BCUT2D eigenvalue weighted by Crippen LogP contribution is 2.38. The second-order valence-electron chi connectivity index (χ2n) is 7.36. The Bertz CT molecular complexity index is 597. The average Bonchev–Trinajstić information content (AvgIpc) is 2.61. The van der Waals surface area contributed by atoms with Crippen molar-refractivity contribution in [3.8, 4) is 0 Å². The zero-order chi connectivity index (χ0) is 20.1. The van der Waals surface area contributed by atoms with E-state index in [1.54, 1.807) is 20.8 Å². The van der Waals surface area contributed by atoms with Crippen molar-refractivity contribution in [3.63, 3.8) is 0 Å². The van der Waals surface area contributed by atoms with Crippen molar-refractivity contribution in [2.24, 2.45) is 4.99 Å². The van der Waals surface area contributed by atoms with Gasteiger partial charge in [-0.25, -0.2) is 14.6 Å². The van der Waals surface area contributed by atoms with Crippen molar-refractivity contribution in [1.82, 2.24) is 0 Å². The Morgan fingerprint density at radius 2 is 1.77 bits per heavy atom. The first-order chi connectivity index (χ1) is 12.0. The quantitative estimate of drug-likeness (QED) is 0.311. The van der Waals surface area contributed by atoms with Gasteiger partial charge in [0, 0.05) is 9.62 Å². The van der Waals surface area contributed by atoms with E-state index < -0.39 is 31.7 Å². The first kappa shape index (κ1) is 23.1. The van der Waals surface area contributed by atoms with E-state index in [2.05, 4.69) is 48.4 Å². The van der Waals surface area contributed by atoms with E-state index in [4.69, 9.17) is 14.2 Å². The summed E-state index contributed by atoms with van der Waals surface area (Å²) >= 11 is 2.34. The Labute approximate surface area is 170 Å². The summed E-state index contributed by atoms with van der Waals surface area (Å²) in [6.45, 7) is 11.9. The molecule has 0 unspecified atom stereocenters. The molecule has 0 amide bonds. The van der Waals surface area contributed by atoms with Gasteiger partial charge in [0.1, 0.15) is 11.4 Å². The minimum absolute atomic E-state index is 0.169. The summed E-state index contributed by atoms with van der Waals surface area (Å²) in [4.78, 5) is 28.7. The van der Waals surface area contributed by atoms with Crippen molar-refractivity contribution in [1.29, 1.82) is 0 Å². The predicted octanol–water partition coefficient (Wildman–Crippen LogP) is 4.38. The van der Waals surface area contributed by atoms with Crippen LogP contribution in [0.4, 0.5) is 0 Å². The molecule has 8 heteroatoms. The lowest BCUT2D eigenvalue weighted by Crippen LogP contribution is -2.39. The van der Waals surface area contributed by atoms with Crippen molar-refractivity contribution in [3.05, 3.63) is 8.96 Å². The number of halogens is 1. The molecule has 0 N–H and O–H groups in total. The van der Waals surface area contributed by atoms with Gasteiger partial charge in [-0.05, 0) is 20.8 Å². The van der Waals surface area contributed by atoms with Crippen molar-refractivity contribution < 1.29 is 23.8 Å². The number of carbonyl (C=O) groups excluding carboxylic acids is 2. The Kier molecular flexibility index (Phi) is 8.31. The zero-order valence-corrected chi connectivity index (χ0v) is 19.9. The normalized spacial score (nSPS) is 20.0. The first-order valence-electron chi connectivity index (χ1n) is 8.99. The average molecular weight is 495 g/mol. The highest BCUT2D eigenvalue weighted by Gasteiger charge is 2.39. The molecule has 26 heavy (non-hydrogen) atoms. The third-order valence-electron chi connectivity index (χ3n) is 4.66. The molecule has 148 valence electrons. The van der Waals surface area contributed by atoms with Crippen molar-refractivity contribution >= 4 is 48.5 Å². The number of aliphatic imine (C=N–C) groups is 1. The van der Waals surface area contributed by atoms with E-state index in [0.29, 0.717) is 12.2 Å². The summed E-state index contributed by atoms with van der Waals surface area (Å²) in [5, 5.41) is 0. The van der Waals surface area contributed by atoms with Crippen LogP contribution in [0.15, 0.2) is 14.0 Å². The molecule has 0 aromatic carbocycles. The molecule has 6 nitrogen and oxygen atoms in total. The molecule has 0 aromatic rings. The molecule has 0 saturated carbocycles. The van der Waals surface area contributed by atoms with E-state index in [1.165, 1.54) is 7.11 Å². The molecule has 1 heterocycles. The van der Waals surface area contributed by atoms with Gasteiger partial charge in [-0.2, -0.15) is 0 Å². The third kappa shape index (κ3) is 5.55. The molecule has 0 aromatic heterocycles. The van der Waals surface area contributed by atoms with Gasteiger partial charge in [-0.3, -0.25) is 0 Å². The molecule has 0 fully saturated rings. The Balaban J connectivity index is 3.33. The second-order valence-corrected chi connectivity index (χ2v) is 14.6. The lowest BCUT2D eigenvalue weighted by atomic mass is 10.1. The van der Waals surface area contributed by atoms with E-state index in [0.717, 1.165) is 21.3 Å². The molecule has 1 rings (SSSR count). The number of carbonyl (C=O) groups is 2. The third-order valence-corrected chi connectivity index (χ3v) is 14.0. The Hall–Kier alpha value is -0.903. The molecule has 1 aliphatic heterocycles. The van der Waals surface area contributed by atoms with Crippen LogP contribution in [0, 0.1) is 0 Å². The standard InChI is InChI=1S/C18H30INO5Si/c1-8-26(9-2,10-3)14(19)13-11-12(16(21)23-7)20-15(24-13)17(22)25-18(4,5)6/h12H,8-11H2,1-7H3/b14-13-/t12-/m0/s1. The largest absolute Gasteiger partial charge is 0.467 e. The maximum atomic E-state index is 12.5. The van der Waals surface area contributed by atoms with Gasteiger partial charge < -0.3 is 14.2 Å². The number of esters is 2. The monoisotopic (exact) mass is 495 g/mol. The van der Waals surface area contributed by atoms with Gasteiger partial charge in [-0.1, -0.05) is 61.5 Å². The lowest BCUT2D eigenvalue weighted by Gasteiger charge is -2.32. The molecule has 0 aliphatic carbocycles. The number of ether oxygens (including phenoxy) is 3. The SMILES string of the molecule is CC[Si](CC)(CC)/C(I)=C1/C[C@@H](C(=O)OC)N=C(C(=O)OC(C)(C)C)O1. The molecular weight excluding hydrogens is 465 g/mol. The molecule has 1 aliphatic rings. The van der Waals surface area contributed by atoms with Crippen LogP contribution in [0.2, 0.25) is 18.1 Å². The molecule has 0 spiro atoms. The van der Waals surface area contributed by atoms with E-state index in [1.807, 2.05) is 0 Å². The van der Waals surface area contributed by atoms with E-state index in [-0.39, 0.29) is 5.90 Å². The van der Waals surface area contributed by atoms with Crippen LogP contribution in [-0.4, -0.2) is 44.7 Å². The maximum Gasteiger partial charge on any atom is 0.394 e. The smallest absolute Gasteiger partial charge is 0.394 e. The van der Waals surface area contributed by atoms with Crippen LogP contribution in [-0.2, 0) is 23.8 Å². The predicted molar refractivity (Wildman–Crippen MR) is 113 cm³/mol. The van der Waals surface area contributed by atoms with Gasteiger partial charge in [-0.15, -0.1) is 0 Å². The maximum absolute atomic E-state index is 12.5. The molecule has 0 saturated heterocycles. The van der Waals surface area contributed by atoms with Crippen LogP contribution in [0.25, 0.3) is 0 Å². The highest BCUT2D eigenvalue weighted by molar-refractivity contribution is 14.1. The fraction of sp³-hybridized carbons (Fsp3) is 0.722. The van der Waals surface area contributed by atoms with Crippen molar-refractivity contribution in [2.75, 3.05) is 7.11 Å². The summed E-state index contributed by atoms with van der Waals surface area (Å²) in [5.74, 6) is -0.650. The number of methoxy groups -OCH3 is 1. The van der Waals surface area contributed by atoms with Gasteiger partial charge >= 0.3 is 17.8 Å². The van der Waals surface area contributed by atoms with Crippen LogP contribution in [0.3, 0.4) is 0 Å². The lowest BCUT2D eigenvalue weighted by molar-refractivity contribution is -0.148. The highest BCUT2D eigenvalue weighted by atomic mass is 127. The molecular formula is C18H30INO5Si. The Morgan fingerprint density at radius 3 is 2.19 bits per heavy atom. The number of rotatable bonds is 6. The van der Waals surface area contributed by atoms with Crippen LogP contribution in [0.1, 0.15) is 48.0 Å². The van der Waals surface area contributed by atoms with Crippen molar-refractivity contribution in [2.45, 2.75) is 77.7 Å². The second kappa shape index (κ2) is 9.34. The van der Waals surface area contributed by atoms with E-state index in [9.17, 15) is 9.59 Å². The minimum Gasteiger partial charge on any atom is -0.467 e. The first-order valence-corrected chi connectivity index (χ1v) is 12.7. The molecule has 1 atom stereocenters. The summed E-state index contributed by atoms with van der Waals surface area (Å²) in [6, 6.07) is 2.45. The molecule has 0 bridgehead atoms. The van der Waals surface area contributed by atoms with Crippen LogP contribution >= 0.6 is 22.6 Å². The summed E-state index contributed by atoms with van der Waals surface area (Å²) in [5.41, 5.74) is -0.674. The van der Waals surface area contributed by atoms with Gasteiger partial charge in [0.05, 0.1) is 15.2 Å². The Morgan fingerprint density at radius 1 is 1.23 bits per heavy atom. The number of hydrogen-bond acceptors (Lipinski definition) is 6. The van der Waals surface area contributed by atoms with Crippen LogP contribution < -0.4 is 0 Å². The zero-order valence-electron chi connectivity index (χ0n) is 16.8. The summed E-state index contributed by atoms with van der Waals surface area (Å²) < 4.78 is 17.2. The van der Waals surface area contributed by atoms with Crippen LogP contribution in [0.5, 0.6) is 0 Å². The van der Waals surface area contributed by atoms with Gasteiger partial charge in [0.15, 0.2) is 6.04 Å². The number of hydrogen-bond donors (Lipinski definition) is 0. The molecule has 0 radical (unpaired) electrons. The topological polar surface area (TPSA) is 74.2 Å².